The molecule has 100 valence electrons. The molecule has 0 fully saturated rings. The van der Waals surface area contributed by atoms with Crippen LogP contribution in [-0.2, 0) is 6.42 Å². The van der Waals surface area contributed by atoms with Crippen molar-refractivity contribution in [1.29, 1.82) is 0 Å². The Balaban J connectivity index is 2.29. The van der Waals surface area contributed by atoms with Gasteiger partial charge in [0, 0.05) is 25.6 Å². The second kappa shape index (κ2) is 6.08. The maximum absolute atomic E-state index is 5.94. The number of nitrogens with one attached hydrogen (secondary N) is 1. The molecule has 6 heteroatoms. The summed E-state index contributed by atoms with van der Waals surface area (Å²) in [6, 6.07) is 6.79. The highest BCUT2D eigenvalue weighted by atomic mass is 35.5. The lowest BCUT2D eigenvalue weighted by atomic mass is 10.3. The van der Waals surface area contributed by atoms with Gasteiger partial charge in [-0.1, -0.05) is 30.1 Å². The van der Waals surface area contributed by atoms with E-state index in [1.807, 2.05) is 6.92 Å². The maximum atomic E-state index is 5.94. The fourth-order valence-corrected chi connectivity index (χ4v) is 1.76. The third-order valence-electron chi connectivity index (χ3n) is 2.43. The molecule has 1 N–H and O–H groups in total. The monoisotopic (exact) mass is 297 g/mol. The van der Waals surface area contributed by atoms with Crippen LogP contribution in [-0.4, -0.2) is 17.0 Å². The summed E-state index contributed by atoms with van der Waals surface area (Å²) in [6.45, 7) is 1.98. The standard InChI is InChI=1S/C13H13Cl2N3O/c1-3-11-17-12(16-2)7-13(18-11)19-8-4-5-9(14)10(15)6-8/h4-7H,3H2,1-2H3,(H,16,17,18). The van der Waals surface area contributed by atoms with Crippen LogP contribution in [0.1, 0.15) is 12.7 Å². The van der Waals surface area contributed by atoms with Gasteiger partial charge in [0.2, 0.25) is 5.88 Å². The van der Waals surface area contributed by atoms with Crippen molar-refractivity contribution in [2.24, 2.45) is 0 Å². The van der Waals surface area contributed by atoms with Gasteiger partial charge >= 0.3 is 0 Å². The zero-order valence-corrected chi connectivity index (χ0v) is 12.1. The first kappa shape index (κ1) is 13.9. The minimum atomic E-state index is 0.442. The molecule has 0 aliphatic carbocycles. The van der Waals surface area contributed by atoms with Crippen molar-refractivity contribution >= 4 is 29.0 Å². The van der Waals surface area contributed by atoms with Gasteiger partial charge in [0.25, 0.3) is 0 Å². The van der Waals surface area contributed by atoms with Crippen molar-refractivity contribution in [3.63, 3.8) is 0 Å². The van der Waals surface area contributed by atoms with Crippen LogP contribution in [0.4, 0.5) is 5.82 Å². The number of anilines is 1. The fraction of sp³-hybridized carbons (Fsp3) is 0.231. The van der Waals surface area contributed by atoms with Gasteiger partial charge in [0.05, 0.1) is 10.0 Å². The van der Waals surface area contributed by atoms with E-state index in [0.717, 1.165) is 6.42 Å². The minimum Gasteiger partial charge on any atom is -0.439 e. The number of nitrogens with zero attached hydrogens (tertiary/aromatic N) is 2. The van der Waals surface area contributed by atoms with Gasteiger partial charge in [-0.2, -0.15) is 4.98 Å². The summed E-state index contributed by atoms with van der Waals surface area (Å²) in [4.78, 5) is 8.59. The lowest BCUT2D eigenvalue weighted by molar-refractivity contribution is 0.459. The molecular weight excluding hydrogens is 285 g/mol. The molecule has 1 aromatic heterocycles. The van der Waals surface area contributed by atoms with Crippen LogP contribution in [0.15, 0.2) is 24.3 Å². The minimum absolute atomic E-state index is 0.442. The lowest BCUT2D eigenvalue weighted by Crippen LogP contribution is -2.01. The van der Waals surface area contributed by atoms with E-state index >= 15 is 0 Å². The highest BCUT2D eigenvalue weighted by Crippen LogP contribution is 2.29. The van der Waals surface area contributed by atoms with Crippen molar-refractivity contribution in [3.05, 3.63) is 40.1 Å². The Hall–Kier alpha value is -1.52. The van der Waals surface area contributed by atoms with Crippen LogP contribution in [0.5, 0.6) is 11.6 Å². The zero-order valence-electron chi connectivity index (χ0n) is 10.6. The molecule has 19 heavy (non-hydrogen) atoms. The third-order valence-corrected chi connectivity index (χ3v) is 3.17. The molecule has 0 saturated heterocycles. The van der Waals surface area contributed by atoms with Crippen LogP contribution in [0.25, 0.3) is 0 Å². The molecular formula is C13H13Cl2N3O. The number of benzene rings is 1. The molecule has 2 rings (SSSR count). The summed E-state index contributed by atoms with van der Waals surface area (Å²) in [5.41, 5.74) is 0. The topological polar surface area (TPSA) is 47.0 Å². The van der Waals surface area contributed by atoms with Crippen LogP contribution in [0.2, 0.25) is 10.0 Å². The molecule has 0 unspecified atom stereocenters. The van der Waals surface area contributed by atoms with E-state index in [4.69, 9.17) is 27.9 Å². The predicted molar refractivity (Wildman–Crippen MR) is 77.5 cm³/mol. The Labute approximate surface area is 121 Å². The summed E-state index contributed by atoms with van der Waals surface area (Å²) in [5, 5.41) is 3.90. The Kier molecular flexibility index (Phi) is 4.45. The Morgan fingerprint density at radius 3 is 2.58 bits per heavy atom. The van der Waals surface area contributed by atoms with E-state index in [1.165, 1.54) is 0 Å². The molecule has 0 spiro atoms. The van der Waals surface area contributed by atoms with Crippen molar-refractivity contribution in [2.75, 3.05) is 12.4 Å². The average molecular weight is 298 g/mol. The van der Waals surface area contributed by atoms with Crippen molar-refractivity contribution in [3.8, 4) is 11.6 Å². The molecule has 4 nitrogen and oxygen atoms in total. The van der Waals surface area contributed by atoms with Crippen LogP contribution < -0.4 is 10.1 Å². The fourth-order valence-electron chi connectivity index (χ4n) is 1.47. The summed E-state index contributed by atoms with van der Waals surface area (Å²) in [6.07, 6.45) is 0.729. The van der Waals surface area contributed by atoms with Crippen LogP contribution in [0, 0.1) is 0 Å². The number of halogens is 2. The van der Waals surface area contributed by atoms with Crippen molar-refractivity contribution in [1.82, 2.24) is 9.97 Å². The first-order valence-corrected chi connectivity index (χ1v) is 6.56. The SMILES string of the molecule is CCc1nc(NC)cc(Oc2ccc(Cl)c(Cl)c2)n1. The second-order valence-electron chi connectivity index (χ2n) is 3.79. The number of aromatic nitrogens is 2. The highest BCUT2D eigenvalue weighted by Gasteiger charge is 2.06. The molecule has 1 heterocycles. The van der Waals surface area contributed by atoms with E-state index < -0.39 is 0 Å². The van der Waals surface area contributed by atoms with Gasteiger partial charge in [-0.15, -0.1) is 0 Å². The van der Waals surface area contributed by atoms with E-state index in [9.17, 15) is 0 Å². The summed E-state index contributed by atoms with van der Waals surface area (Å²) in [7, 11) is 1.80. The Morgan fingerprint density at radius 2 is 1.95 bits per heavy atom. The molecule has 0 aliphatic heterocycles. The Bertz CT molecular complexity index is 568. The van der Waals surface area contributed by atoms with Gasteiger partial charge < -0.3 is 10.1 Å². The largest absolute Gasteiger partial charge is 0.439 e. The number of aryl methyl sites for hydroxylation is 1. The van der Waals surface area contributed by atoms with Crippen LogP contribution in [0.3, 0.4) is 0 Å². The van der Waals surface area contributed by atoms with Gasteiger partial charge in [0.15, 0.2) is 0 Å². The molecule has 0 amide bonds. The summed E-state index contributed by atoms with van der Waals surface area (Å²) in [5.74, 6) is 2.47. The van der Waals surface area contributed by atoms with Gasteiger partial charge in [0.1, 0.15) is 17.4 Å². The third kappa shape index (κ3) is 3.49. The molecule has 1 aromatic carbocycles. The quantitative estimate of drug-likeness (QED) is 0.919. The normalized spacial score (nSPS) is 10.3. The van der Waals surface area contributed by atoms with Crippen molar-refractivity contribution in [2.45, 2.75) is 13.3 Å². The Morgan fingerprint density at radius 1 is 1.16 bits per heavy atom. The molecule has 2 aromatic rings. The van der Waals surface area contributed by atoms with E-state index in [0.29, 0.717) is 33.3 Å². The van der Waals surface area contributed by atoms with Gasteiger partial charge in [-0.05, 0) is 12.1 Å². The smallest absolute Gasteiger partial charge is 0.224 e. The number of hydrogen-bond acceptors (Lipinski definition) is 4. The first-order chi connectivity index (χ1) is 9.12. The summed E-state index contributed by atoms with van der Waals surface area (Å²) < 4.78 is 5.66. The molecule has 0 bridgehead atoms. The lowest BCUT2D eigenvalue weighted by Gasteiger charge is -2.08. The maximum Gasteiger partial charge on any atom is 0.224 e. The molecule has 0 radical (unpaired) electrons. The van der Waals surface area contributed by atoms with Crippen molar-refractivity contribution < 1.29 is 4.74 Å². The highest BCUT2D eigenvalue weighted by molar-refractivity contribution is 6.42. The van der Waals surface area contributed by atoms with Gasteiger partial charge in [-0.25, -0.2) is 4.98 Å². The van der Waals surface area contributed by atoms with Crippen LogP contribution >= 0.6 is 23.2 Å². The number of ether oxygens (including phenoxy) is 1. The predicted octanol–water partition coefficient (Wildman–Crippen LogP) is 4.18. The molecule has 0 saturated carbocycles. The summed E-state index contributed by atoms with van der Waals surface area (Å²) >= 11 is 11.8. The van der Waals surface area contributed by atoms with E-state index in [-0.39, 0.29) is 0 Å². The number of hydrogen-bond donors (Lipinski definition) is 1. The zero-order chi connectivity index (χ0) is 13.8. The van der Waals surface area contributed by atoms with E-state index in [1.54, 1.807) is 31.3 Å². The van der Waals surface area contributed by atoms with E-state index in [2.05, 4.69) is 15.3 Å². The molecule has 0 atom stereocenters. The van der Waals surface area contributed by atoms with Gasteiger partial charge in [-0.3, -0.25) is 0 Å². The number of rotatable bonds is 4. The molecule has 0 aliphatic rings. The first-order valence-electron chi connectivity index (χ1n) is 5.81. The second-order valence-corrected chi connectivity index (χ2v) is 4.60. The average Bonchev–Trinajstić information content (AvgIpc) is 2.42.